The SMILES string of the molecule is CN=C(NCCCOCC1CCOC1)NCC1(c2ccc(Br)cc2)CCC1. The highest BCUT2D eigenvalue weighted by Crippen LogP contribution is 2.43. The number of hydrogen-bond donors (Lipinski definition) is 2. The predicted octanol–water partition coefficient (Wildman–Crippen LogP) is 3.48. The van der Waals surface area contributed by atoms with E-state index >= 15 is 0 Å². The summed E-state index contributed by atoms with van der Waals surface area (Å²) < 4.78 is 12.3. The lowest BCUT2D eigenvalue weighted by Gasteiger charge is -2.43. The topological polar surface area (TPSA) is 54.9 Å². The van der Waals surface area contributed by atoms with Crippen molar-refractivity contribution in [2.45, 2.75) is 37.5 Å². The predicted molar refractivity (Wildman–Crippen MR) is 113 cm³/mol. The molecule has 1 aliphatic carbocycles. The first kappa shape index (κ1) is 20.6. The lowest BCUT2D eigenvalue weighted by atomic mass is 9.64. The Labute approximate surface area is 171 Å². The molecule has 3 rings (SSSR count). The molecule has 6 heteroatoms. The van der Waals surface area contributed by atoms with Gasteiger partial charge in [0.05, 0.1) is 13.2 Å². The second kappa shape index (κ2) is 10.4. The van der Waals surface area contributed by atoms with Crippen molar-refractivity contribution in [3.63, 3.8) is 0 Å². The van der Waals surface area contributed by atoms with Crippen LogP contribution in [0, 0.1) is 5.92 Å². The monoisotopic (exact) mass is 437 g/mol. The molecule has 150 valence electrons. The summed E-state index contributed by atoms with van der Waals surface area (Å²) in [5.74, 6) is 1.47. The zero-order valence-corrected chi connectivity index (χ0v) is 17.9. The van der Waals surface area contributed by atoms with Gasteiger partial charge in [0.2, 0.25) is 0 Å². The lowest BCUT2D eigenvalue weighted by Crippen LogP contribution is -2.49. The Morgan fingerprint density at radius 1 is 1.30 bits per heavy atom. The van der Waals surface area contributed by atoms with E-state index < -0.39 is 0 Å². The average Bonchev–Trinajstić information content (AvgIpc) is 3.16. The Morgan fingerprint density at radius 2 is 2.11 bits per heavy atom. The second-order valence-corrected chi connectivity index (χ2v) is 8.57. The third kappa shape index (κ3) is 5.93. The van der Waals surface area contributed by atoms with Gasteiger partial charge in [-0.15, -0.1) is 0 Å². The number of halogens is 1. The number of hydrogen-bond acceptors (Lipinski definition) is 3. The summed E-state index contributed by atoms with van der Waals surface area (Å²) in [5, 5.41) is 6.94. The van der Waals surface area contributed by atoms with Crippen LogP contribution in [0.25, 0.3) is 0 Å². The van der Waals surface area contributed by atoms with Crippen LogP contribution in [-0.2, 0) is 14.9 Å². The van der Waals surface area contributed by atoms with E-state index in [1.165, 1.54) is 24.8 Å². The largest absolute Gasteiger partial charge is 0.381 e. The number of guanidine groups is 1. The van der Waals surface area contributed by atoms with Gasteiger partial charge in [0, 0.05) is 49.2 Å². The highest BCUT2D eigenvalue weighted by atomic mass is 79.9. The maximum atomic E-state index is 5.76. The van der Waals surface area contributed by atoms with Crippen LogP contribution in [0.15, 0.2) is 33.7 Å². The lowest BCUT2D eigenvalue weighted by molar-refractivity contribution is 0.0888. The van der Waals surface area contributed by atoms with Crippen LogP contribution in [0.5, 0.6) is 0 Å². The Morgan fingerprint density at radius 3 is 2.74 bits per heavy atom. The molecule has 0 radical (unpaired) electrons. The molecular weight excluding hydrogens is 406 g/mol. The van der Waals surface area contributed by atoms with Crippen LogP contribution in [0.1, 0.15) is 37.7 Å². The smallest absolute Gasteiger partial charge is 0.191 e. The fourth-order valence-corrected chi connectivity index (χ4v) is 4.06. The van der Waals surface area contributed by atoms with Crippen molar-refractivity contribution in [2.75, 3.05) is 46.6 Å². The number of nitrogens with zero attached hydrogens (tertiary/aromatic N) is 1. The molecule has 1 saturated carbocycles. The molecule has 0 aromatic heterocycles. The molecule has 1 unspecified atom stereocenters. The van der Waals surface area contributed by atoms with Crippen LogP contribution in [0.4, 0.5) is 0 Å². The Bertz CT molecular complexity index is 596. The van der Waals surface area contributed by atoms with E-state index in [4.69, 9.17) is 9.47 Å². The highest BCUT2D eigenvalue weighted by molar-refractivity contribution is 9.10. The first-order valence-corrected chi connectivity index (χ1v) is 10.9. The zero-order valence-electron chi connectivity index (χ0n) is 16.3. The van der Waals surface area contributed by atoms with E-state index in [0.717, 1.165) is 62.8 Å². The summed E-state index contributed by atoms with van der Waals surface area (Å²) in [7, 11) is 1.83. The minimum atomic E-state index is 0.241. The standard InChI is InChI=1S/C21H32BrN3O2/c1-23-20(24-11-3-12-26-14-17-8-13-27-15-17)25-16-21(9-2-10-21)18-4-6-19(22)7-5-18/h4-7,17H,2-3,8-16H2,1H3,(H2,23,24,25). The molecule has 0 amide bonds. The molecule has 1 aliphatic heterocycles. The van der Waals surface area contributed by atoms with Gasteiger partial charge in [0.15, 0.2) is 5.96 Å². The van der Waals surface area contributed by atoms with Gasteiger partial charge in [-0.05, 0) is 43.4 Å². The fourth-order valence-electron chi connectivity index (χ4n) is 3.79. The summed E-state index contributed by atoms with van der Waals surface area (Å²) in [6, 6.07) is 8.77. The minimum absolute atomic E-state index is 0.241. The van der Waals surface area contributed by atoms with Gasteiger partial charge in [0.25, 0.3) is 0 Å². The summed E-state index contributed by atoms with van der Waals surface area (Å²) >= 11 is 3.53. The number of rotatable bonds is 9. The Balaban J connectivity index is 1.35. The first-order valence-electron chi connectivity index (χ1n) is 10.1. The minimum Gasteiger partial charge on any atom is -0.381 e. The average molecular weight is 438 g/mol. The second-order valence-electron chi connectivity index (χ2n) is 7.65. The van der Waals surface area contributed by atoms with Crippen LogP contribution in [-0.4, -0.2) is 52.5 Å². The first-order chi connectivity index (χ1) is 13.2. The van der Waals surface area contributed by atoms with E-state index in [9.17, 15) is 0 Å². The molecule has 1 heterocycles. The van der Waals surface area contributed by atoms with Crippen molar-refractivity contribution in [3.05, 3.63) is 34.3 Å². The van der Waals surface area contributed by atoms with Crippen molar-refractivity contribution >= 4 is 21.9 Å². The molecule has 2 fully saturated rings. The van der Waals surface area contributed by atoms with Crippen molar-refractivity contribution in [1.29, 1.82) is 0 Å². The maximum Gasteiger partial charge on any atom is 0.191 e. The molecular formula is C21H32BrN3O2. The molecule has 2 aliphatic rings. The van der Waals surface area contributed by atoms with E-state index in [2.05, 4.69) is 55.8 Å². The Hall–Kier alpha value is -1.11. The zero-order chi connectivity index (χ0) is 19.0. The molecule has 1 saturated heterocycles. The summed E-state index contributed by atoms with van der Waals surface area (Å²) in [6.45, 7) is 5.14. The number of aliphatic imine (C=N–C) groups is 1. The Kier molecular flexibility index (Phi) is 7.97. The maximum absolute atomic E-state index is 5.76. The van der Waals surface area contributed by atoms with Crippen molar-refractivity contribution in [3.8, 4) is 0 Å². The molecule has 1 aromatic carbocycles. The van der Waals surface area contributed by atoms with Gasteiger partial charge in [-0.1, -0.05) is 34.5 Å². The molecule has 1 atom stereocenters. The van der Waals surface area contributed by atoms with Gasteiger partial charge in [-0.2, -0.15) is 0 Å². The molecule has 0 bridgehead atoms. The summed E-state index contributed by atoms with van der Waals surface area (Å²) in [4.78, 5) is 4.37. The summed E-state index contributed by atoms with van der Waals surface area (Å²) in [5.41, 5.74) is 1.66. The van der Waals surface area contributed by atoms with Crippen LogP contribution in [0.3, 0.4) is 0 Å². The van der Waals surface area contributed by atoms with Gasteiger partial charge in [-0.25, -0.2) is 0 Å². The number of nitrogens with one attached hydrogen (secondary N) is 2. The van der Waals surface area contributed by atoms with E-state index in [0.29, 0.717) is 5.92 Å². The molecule has 5 nitrogen and oxygen atoms in total. The van der Waals surface area contributed by atoms with Crippen molar-refractivity contribution < 1.29 is 9.47 Å². The van der Waals surface area contributed by atoms with Crippen molar-refractivity contribution in [2.24, 2.45) is 10.9 Å². The number of ether oxygens (including phenoxy) is 2. The van der Waals surface area contributed by atoms with E-state index in [1.807, 2.05) is 7.05 Å². The fraction of sp³-hybridized carbons (Fsp3) is 0.667. The summed E-state index contributed by atoms with van der Waals surface area (Å²) in [6.07, 6.45) is 5.88. The molecule has 0 spiro atoms. The van der Waals surface area contributed by atoms with E-state index in [1.54, 1.807) is 0 Å². The van der Waals surface area contributed by atoms with Gasteiger partial charge in [0.1, 0.15) is 0 Å². The van der Waals surface area contributed by atoms with Gasteiger partial charge < -0.3 is 20.1 Å². The van der Waals surface area contributed by atoms with Crippen LogP contribution >= 0.6 is 15.9 Å². The molecule has 1 aromatic rings. The van der Waals surface area contributed by atoms with Gasteiger partial charge >= 0.3 is 0 Å². The van der Waals surface area contributed by atoms with E-state index in [-0.39, 0.29) is 5.41 Å². The van der Waals surface area contributed by atoms with Crippen LogP contribution < -0.4 is 10.6 Å². The quantitative estimate of drug-likeness (QED) is 0.352. The van der Waals surface area contributed by atoms with Crippen LogP contribution in [0.2, 0.25) is 0 Å². The third-order valence-corrected chi connectivity index (χ3v) is 6.25. The van der Waals surface area contributed by atoms with Gasteiger partial charge in [-0.3, -0.25) is 4.99 Å². The third-order valence-electron chi connectivity index (χ3n) is 5.72. The number of benzene rings is 1. The van der Waals surface area contributed by atoms with Crippen molar-refractivity contribution in [1.82, 2.24) is 10.6 Å². The normalized spacial score (nSPS) is 21.7. The molecule has 2 N–H and O–H groups in total. The molecule has 27 heavy (non-hydrogen) atoms. The highest BCUT2D eigenvalue weighted by Gasteiger charge is 2.38.